The Labute approximate surface area is 357 Å². The predicted molar refractivity (Wildman–Crippen MR) is 229 cm³/mol. The average Bonchev–Trinajstić information content (AvgIpc) is 3.89. The first kappa shape index (κ1) is 42.4. The number of hydrogen-bond acceptors (Lipinski definition) is 11. The van der Waals surface area contributed by atoms with Crippen molar-refractivity contribution in [1.29, 1.82) is 0 Å². The molecule has 1 saturated heterocycles. The molecule has 2 aliphatic heterocycles. The lowest BCUT2D eigenvalue weighted by Gasteiger charge is -2.13. The molecule has 314 valence electrons. The van der Waals surface area contributed by atoms with Crippen molar-refractivity contribution in [2.24, 2.45) is 4.99 Å². The molecule has 2 atom stereocenters. The molecule has 60 heavy (non-hydrogen) atoms. The van der Waals surface area contributed by atoms with Crippen molar-refractivity contribution in [3.8, 4) is 22.0 Å². The van der Waals surface area contributed by atoms with Crippen LogP contribution in [0.4, 0.5) is 0 Å². The van der Waals surface area contributed by atoms with Crippen LogP contribution in [-0.4, -0.2) is 78.8 Å². The third kappa shape index (κ3) is 9.99. The number of carbonyl (C=O) groups is 4. The Morgan fingerprint density at radius 2 is 1.63 bits per heavy atom. The van der Waals surface area contributed by atoms with Crippen molar-refractivity contribution < 1.29 is 23.9 Å². The zero-order valence-corrected chi connectivity index (χ0v) is 35.6. The molecule has 7 rings (SSSR count). The van der Waals surface area contributed by atoms with E-state index in [-0.39, 0.29) is 30.7 Å². The molecule has 4 amide bonds. The van der Waals surface area contributed by atoms with Crippen LogP contribution in [0.1, 0.15) is 110 Å². The molecule has 0 bridgehead atoms. The van der Waals surface area contributed by atoms with Gasteiger partial charge in [0.25, 0.3) is 11.8 Å². The van der Waals surface area contributed by atoms with Crippen molar-refractivity contribution in [1.82, 2.24) is 45.7 Å². The molecule has 1 unspecified atom stereocenters. The lowest BCUT2D eigenvalue weighted by atomic mass is 9.99. The molecule has 5 aromatic rings. The number of imide groups is 1. The number of amides is 4. The Hall–Kier alpha value is -5.74. The van der Waals surface area contributed by atoms with Gasteiger partial charge in [-0.3, -0.25) is 34.1 Å². The third-order valence-corrected chi connectivity index (χ3v) is 12.2. The SMILES string of the molecule is Cc1sc2c(c1C)C(c1ccc(Cl)cc1)=N[C@@H](CC(=O)NCCCCCCCCNC(=O)COc1ccccc1-c1cn(C3CCCC(=O)NC3=O)nn1)c1nnc(C)n1-2. The highest BCUT2D eigenvalue weighted by atomic mass is 35.5. The molecule has 3 N–H and O–H groups in total. The van der Waals surface area contributed by atoms with Crippen LogP contribution in [0, 0.1) is 20.8 Å². The van der Waals surface area contributed by atoms with Crippen LogP contribution in [0.25, 0.3) is 16.3 Å². The summed E-state index contributed by atoms with van der Waals surface area (Å²) in [5.41, 5.74) is 5.07. The van der Waals surface area contributed by atoms with Crippen LogP contribution in [0.3, 0.4) is 0 Å². The minimum Gasteiger partial charge on any atom is -0.483 e. The number of unbranched alkanes of at least 4 members (excludes halogenated alkanes) is 5. The number of carbonyl (C=O) groups excluding carboxylic acids is 4. The molecule has 15 nitrogen and oxygen atoms in total. The molecule has 17 heteroatoms. The van der Waals surface area contributed by atoms with Gasteiger partial charge in [-0.1, -0.05) is 66.8 Å². The number of aliphatic imine (C=N–C) groups is 1. The zero-order valence-electron chi connectivity index (χ0n) is 34.0. The lowest BCUT2D eigenvalue weighted by Crippen LogP contribution is -2.34. The molecule has 1 fully saturated rings. The Morgan fingerprint density at radius 3 is 2.40 bits per heavy atom. The van der Waals surface area contributed by atoms with Gasteiger partial charge >= 0.3 is 0 Å². The fourth-order valence-corrected chi connectivity index (χ4v) is 8.81. The number of nitrogens with zero attached hydrogens (tertiary/aromatic N) is 7. The fraction of sp³-hybridized carbons (Fsp3) is 0.419. The fourth-order valence-electron chi connectivity index (χ4n) is 7.47. The Bertz CT molecular complexity index is 2390. The number of rotatable bonds is 17. The molecular formula is C43H49ClN10O5S. The van der Waals surface area contributed by atoms with Gasteiger partial charge in [0.2, 0.25) is 11.8 Å². The number of hydrogen-bond donors (Lipinski definition) is 3. The van der Waals surface area contributed by atoms with Crippen LogP contribution in [-0.2, 0) is 19.2 Å². The maximum absolute atomic E-state index is 13.3. The minimum atomic E-state index is -0.626. The topological polar surface area (TPSA) is 187 Å². The van der Waals surface area contributed by atoms with E-state index in [1.165, 1.54) is 9.56 Å². The number of fused-ring (bicyclic) bond motifs is 3. The molecule has 2 aromatic carbocycles. The highest BCUT2D eigenvalue weighted by Crippen LogP contribution is 2.39. The molecule has 2 aliphatic rings. The van der Waals surface area contributed by atoms with Crippen LogP contribution >= 0.6 is 22.9 Å². The van der Waals surface area contributed by atoms with Crippen molar-refractivity contribution in [2.75, 3.05) is 19.7 Å². The smallest absolute Gasteiger partial charge is 0.257 e. The van der Waals surface area contributed by atoms with E-state index >= 15 is 0 Å². The summed E-state index contributed by atoms with van der Waals surface area (Å²) in [6, 6.07) is 13.7. The zero-order chi connectivity index (χ0) is 42.2. The maximum atomic E-state index is 13.3. The number of benzene rings is 2. The molecule has 0 saturated carbocycles. The van der Waals surface area contributed by atoms with Gasteiger partial charge in [-0.25, -0.2) is 4.68 Å². The van der Waals surface area contributed by atoms with E-state index in [0.29, 0.717) is 60.2 Å². The Kier molecular flexibility index (Phi) is 13.8. The Morgan fingerprint density at radius 1 is 0.917 bits per heavy atom. The van der Waals surface area contributed by atoms with Crippen LogP contribution < -0.4 is 20.7 Å². The molecule has 5 heterocycles. The molecular weight excluding hydrogens is 804 g/mol. The first-order valence-electron chi connectivity index (χ1n) is 20.4. The standard InChI is InChI=1S/C43H49ClN10O5S/c1-26-27(2)60-43-39(26)40(29-17-19-30(44)20-18-29)47-32(41-51-49-28(3)54(41)43)23-37(56)45-21-10-6-4-5-7-11-22-46-38(57)25-59-35-15-9-8-13-31(35)33-24-53(52-50-33)34-14-12-16-36(55)48-42(34)58/h8-9,13,15,17-20,24,32,34H,4-7,10-12,14,16,21-23,25H2,1-3H3,(H,45,56)(H,46,57)(H,48,55,58)/t32-,34?/m0/s1. The van der Waals surface area contributed by atoms with Crippen LogP contribution in [0.5, 0.6) is 5.75 Å². The lowest BCUT2D eigenvalue weighted by molar-refractivity contribution is -0.131. The van der Waals surface area contributed by atoms with E-state index in [1.54, 1.807) is 23.6 Å². The molecule has 0 aliphatic carbocycles. The first-order chi connectivity index (χ1) is 29.1. The van der Waals surface area contributed by atoms with Crippen molar-refractivity contribution in [2.45, 2.75) is 97.1 Å². The van der Waals surface area contributed by atoms with Crippen LogP contribution in [0.15, 0.2) is 59.7 Å². The van der Waals surface area contributed by atoms with Gasteiger partial charge in [-0.2, -0.15) is 0 Å². The van der Waals surface area contributed by atoms with E-state index < -0.39 is 18.0 Å². The van der Waals surface area contributed by atoms with E-state index in [2.05, 4.69) is 54.9 Å². The van der Waals surface area contributed by atoms with Gasteiger partial charge in [0.15, 0.2) is 12.4 Å². The van der Waals surface area contributed by atoms with Gasteiger partial charge < -0.3 is 15.4 Å². The number of para-hydroxylation sites is 1. The summed E-state index contributed by atoms with van der Waals surface area (Å²) in [5, 5.41) is 27.3. The number of ether oxygens (including phenoxy) is 1. The number of aryl methyl sites for hydroxylation is 2. The van der Waals surface area contributed by atoms with E-state index in [9.17, 15) is 19.2 Å². The minimum absolute atomic E-state index is 0.0827. The highest BCUT2D eigenvalue weighted by Gasteiger charge is 2.32. The first-order valence-corrected chi connectivity index (χ1v) is 21.6. The highest BCUT2D eigenvalue weighted by molar-refractivity contribution is 7.15. The number of halogens is 1. The van der Waals surface area contributed by atoms with Crippen molar-refractivity contribution in [3.05, 3.63) is 93.0 Å². The predicted octanol–water partition coefficient (Wildman–Crippen LogP) is 6.47. The monoisotopic (exact) mass is 852 g/mol. The van der Waals surface area contributed by atoms with E-state index in [0.717, 1.165) is 71.8 Å². The summed E-state index contributed by atoms with van der Waals surface area (Å²) in [7, 11) is 0. The quantitative estimate of drug-likeness (QED) is 0.0697. The molecule has 0 radical (unpaired) electrons. The van der Waals surface area contributed by atoms with Crippen molar-refractivity contribution in [3.63, 3.8) is 0 Å². The number of thiophene rings is 1. The molecule has 3 aromatic heterocycles. The summed E-state index contributed by atoms with van der Waals surface area (Å²) in [5.74, 6) is 0.890. The van der Waals surface area contributed by atoms with E-state index in [1.807, 2.05) is 49.4 Å². The van der Waals surface area contributed by atoms with Gasteiger partial charge in [-0.15, -0.1) is 26.6 Å². The largest absolute Gasteiger partial charge is 0.483 e. The average molecular weight is 853 g/mol. The third-order valence-electron chi connectivity index (χ3n) is 10.8. The number of nitrogens with one attached hydrogen (secondary N) is 3. The summed E-state index contributed by atoms with van der Waals surface area (Å²) in [6.07, 6.45) is 8.87. The number of aromatic nitrogens is 6. The normalized spacial score (nSPS) is 16.2. The second kappa shape index (κ2) is 19.5. The van der Waals surface area contributed by atoms with Crippen LogP contribution in [0.2, 0.25) is 5.02 Å². The second-order valence-electron chi connectivity index (χ2n) is 15.1. The summed E-state index contributed by atoms with van der Waals surface area (Å²) in [4.78, 5) is 56.5. The van der Waals surface area contributed by atoms with Gasteiger partial charge in [0.05, 0.1) is 18.3 Å². The summed E-state index contributed by atoms with van der Waals surface area (Å²) >= 11 is 7.91. The van der Waals surface area contributed by atoms with Gasteiger partial charge in [-0.05, 0) is 76.3 Å². The summed E-state index contributed by atoms with van der Waals surface area (Å²) < 4.78 is 9.38. The van der Waals surface area contributed by atoms with Crippen molar-refractivity contribution >= 4 is 52.3 Å². The maximum Gasteiger partial charge on any atom is 0.257 e. The van der Waals surface area contributed by atoms with Gasteiger partial charge in [0.1, 0.15) is 34.4 Å². The van der Waals surface area contributed by atoms with E-state index in [4.69, 9.17) is 21.3 Å². The molecule has 0 spiro atoms. The Balaban J connectivity index is 0.806. The van der Waals surface area contributed by atoms with Gasteiger partial charge in [0, 0.05) is 46.1 Å². The summed E-state index contributed by atoms with van der Waals surface area (Å²) in [6.45, 7) is 7.10. The second-order valence-corrected chi connectivity index (χ2v) is 16.8.